The molecule has 30 heavy (non-hydrogen) atoms. The standard InChI is InChI=1S/C24H32N4O2/c1-4-25-24(27(2)18-21-8-5-6-9-22(21)30-3)26-16-19-11-13-20(14-12-19)17-28-15-7-10-23(28)29/h5-6,8-9,11-14H,4,7,10,15-18H2,1-3H3,(H,25,26). The van der Waals surface area contributed by atoms with Gasteiger partial charge in [-0.05, 0) is 30.5 Å². The lowest BCUT2D eigenvalue weighted by molar-refractivity contribution is -0.128. The van der Waals surface area contributed by atoms with Gasteiger partial charge in [0.2, 0.25) is 5.91 Å². The van der Waals surface area contributed by atoms with Crippen LogP contribution >= 0.6 is 0 Å². The number of guanidine groups is 1. The van der Waals surface area contributed by atoms with Crippen LogP contribution in [0, 0.1) is 0 Å². The number of ether oxygens (including phenoxy) is 1. The Bertz CT molecular complexity index is 864. The van der Waals surface area contributed by atoms with Crippen LogP contribution in [0.4, 0.5) is 0 Å². The van der Waals surface area contributed by atoms with E-state index in [-0.39, 0.29) is 5.91 Å². The number of aliphatic imine (C=N–C) groups is 1. The van der Waals surface area contributed by atoms with Gasteiger partial charge in [-0.1, -0.05) is 42.5 Å². The van der Waals surface area contributed by atoms with Crippen LogP contribution in [0.3, 0.4) is 0 Å². The summed E-state index contributed by atoms with van der Waals surface area (Å²) in [6, 6.07) is 16.4. The van der Waals surface area contributed by atoms with Crippen molar-refractivity contribution in [3.05, 3.63) is 65.2 Å². The Morgan fingerprint density at radius 3 is 2.57 bits per heavy atom. The molecule has 1 aliphatic heterocycles. The van der Waals surface area contributed by atoms with Gasteiger partial charge in [0.25, 0.3) is 0 Å². The number of carbonyl (C=O) groups is 1. The molecule has 6 heteroatoms. The molecule has 0 spiro atoms. The number of benzene rings is 2. The fourth-order valence-corrected chi connectivity index (χ4v) is 3.64. The summed E-state index contributed by atoms with van der Waals surface area (Å²) in [6.07, 6.45) is 1.66. The molecule has 1 saturated heterocycles. The minimum absolute atomic E-state index is 0.261. The predicted molar refractivity (Wildman–Crippen MR) is 120 cm³/mol. The van der Waals surface area contributed by atoms with Crippen LogP contribution < -0.4 is 10.1 Å². The van der Waals surface area contributed by atoms with Gasteiger partial charge >= 0.3 is 0 Å². The molecule has 3 rings (SSSR count). The molecule has 0 bridgehead atoms. The molecule has 1 aliphatic rings. The number of likely N-dealkylation sites (tertiary alicyclic amines) is 1. The summed E-state index contributed by atoms with van der Waals surface area (Å²) >= 11 is 0. The number of para-hydroxylation sites is 1. The lowest BCUT2D eigenvalue weighted by Gasteiger charge is -2.23. The van der Waals surface area contributed by atoms with E-state index in [9.17, 15) is 4.79 Å². The van der Waals surface area contributed by atoms with Crippen LogP contribution in [0.25, 0.3) is 0 Å². The highest BCUT2D eigenvalue weighted by Gasteiger charge is 2.19. The number of methoxy groups -OCH3 is 1. The topological polar surface area (TPSA) is 57.2 Å². The Morgan fingerprint density at radius 1 is 1.17 bits per heavy atom. The summed E-state index contributed by atoms with van der Waals surface area (Å²) in [7, 11) is 3.73. The van der Waals surface area contributed by atoms with Crippen molar-refractivity contribution in [1.29, 1.82) is 0 Å². The number of carbonyl (C=O) groups excluding carboxylic acids is 1. The second-order valence-electron chi connectivity index (χ2n) is 7.57. The zero-order chi connectivity index (χ0) is 21.3. The van der Waals surface area contributed by atoms with E-state index < -0.39 is 0 Å². The first-order chi connectivity index (χ1) is 14.6. The molecule has 0 aromatic heterocycles. The van der Waals surface area contributed by atoms with Crippen molar-refractivity contribution >= 4 is 11.9 Å². The van der Waals surface area contributed by atoms with Crippen LogP contribution in [-0.2, 0) is 24.4 Å². The van der Waals surface area contributed by atoms with Gasteiger partial charge in [-0.3, -0.25) is 4.79 Å². The van der Waals surface area contributed by atoms with Crippen molar-refractivity contribution in [2.45, 2.75) is 39.4 Å². The zero-order valence-electron chi connectivity index (χ0n) is 18.2. The van der Waals surface area contributed by atoms with E-state index in [0.717, 1.165) is 47.9 Å². The SMILES string of the molecule is CCNC(=NCc1ccc(CN2CCCC2=O)cc1)N(C)Cc1ccccc1OC. The van der Waals surface area contributed by atoms with E-state index in [2.05, 4.69) is 47.5 Å². The minimum Gasteiger partial charge on any atom is -0.496 e. The first kappa shape index (κ1) is 21.7. The summed E-state index contributed by atoms with van der Waals surface area (Å²) in [5, 5.41) is 3.37. The third-order valence-corrected chi connectivity index (χ3v) is 5.28. The normalized spacial score (nSPS) is 14.2. The van der Waals surface area contributed by atoms with Gasteiger partial charge in [0.15, 0.2) is 5.96 Å². The molecule has 2 aromatic carbocycles. The molecule has 160 valence electrons. The van der Waals surface area contributed by atoms with Gasteiger partial charge < -0.3 is 19.9 Å². The fourth-order valence-electron chi connectivity index (χ4n) is 3.64. The van der Waals surface area contributed by atoms with E-state index in [4.69, 9.17) is 9.73 Å². The lowest BCUT2D eigenvalue weighted by atomic mass is 10.1. The number of nitrogens with zero attached hydrogens (tertiary/aromatic N) is 3. The van der Waals surface area contributed by atoms with Crippen molar-refractivity contribution in [3.63, 3.8) is 0 Å². The van der Waals surface area contributed by atoms with Crippen LogP contribution in [-0.4, -0.2) is 48.9 Å². The average molecular weight is 409 g/mol. The Balaban J connectivity index is 1.62. The maximum Gasteiger partial charge on any atom is 0.222 e. The van der Waals surface area contributed by atoms with E-state index in [1.807, 2.05) is 30.1 Å². The Morgan fingerprint density at radius 2 is 1.90 bits per heavy atom. The van der Waals surface area contributed by atoms with Gasteiger partial charge in [-0.2, -0.15) is 0 Å². The summed E-state index contributed by atoms with van der Waals surface area (Å²) in [5.74, 6) is 2.00. The van der Waals surface area contributed by atoms with Crippen molar-refractivity contribution in [3.8, 4) is 5.75 Å². The van der Waals surface area contributed by atoms with Crippen LogP contribution in [0.5, 0.6) is 5.75 Å². The summed E-state index contributed by atoms with van der Waals surface area (Å²) in [4.78, 5) is 20.7. The average Bonchev–Trinajstić information content (AvgIpc) is 3.16. The molecule has 1 heterocycles. The quantitative estimate of drug-likeness (QED) is 0.537. The molecular formula is C24H32N4O2. The second kappa shape index (κ2) is 10.7. The molecule has 2 aromatic rings. The Labute approximate surface area is 179 Å². The van der Waals surface area contributed by atoms with Gasteiger partial charge in [-0.25, -0.2) is 4.99 Å². The van der Waals surface area contributed by atoms with E-state index >= 15 is 0 Å². The van der Waals surface area contributed by atoms with Gasteiger partial charge in [0.05, 0.1) is 13.7 Å². The highest BCUT2D eigenvalue weighted by molar-refractivity contribution is 5.79. The number of hydrogen-bond acceptors (Lipinski definition) is 3. The molecule has 0 atom stereocenters. The first-order valence-electron chi connectivity index (χ1n) is 10.6. The Kier molecular flexibility index (Phi) is 7.71. The highest BCUT2D eigenvalue weighted by Crippen LogP contribution is 2.19. The van der Waals surface area contributed by atoms with E-state index in [0.29, 0.717) is 26.1 Å². The maximum atomic E-state index is 11.8. The third kappa shape index (κ3) is 5.75. The smallest absolute Gasteiger partial charge is 0.222 e. The maximum absolute atomic E-state index is 11.8. The largest absolute Gasteiger partial charge is 0.496 e. The molecule has 1 amide bonds. The molecule has 0 aliphatic carbocycles. The number of nitrogens with one attached hydrogen (secondary N) is 1. The van der Waals surface area contributed by atoms with Crippen molar-refractivity contribution in [2.75, 3.05) is 27.2 Å². The summed E-state index contributed by atoms with van der Waals surface area (Å²) in [6.45, 7) is 5.75. The molecule has 1 fully saturated rings. The monoisotopic (exact) mass is 408 g/mol. The van der Waals surface area contributed by atoms with Crippen LogP contribution in [0.2, 0.25) is 0 Å². The predicted octanol–water partition coefficient (Wildman–Crippen LogP) is 3.42. The van der Waals surface area contributed by atoms with Crippen molar-refractivity contribution in [1.82, 2.24) is 15.1 Å². The zero-order valence-corrected chi connectivity index (χ0v) is 18.2. The van der Waals surface area contributed by atoms with Gasteiger partial charge in [-0.15, -0.1) is 0 Å². The molecule has 1 N–H and O–H groups in total. The fraction of sp³-hybridized carbons (Fsp3) is 0.417. The molecule has 0 saturated carbocycles. The van der Waals surface area contributed by atoms with E-state index in [1.165, 1.54) is 0 Å². The molecular weight excluding hydrogens is 376 g/mol. The van der Waals surface area contributed by atoms with Gasteiger partial charge in [0.1, 0.15) is 5.75 Å². The number of hydrogen-bond donors (Lipinski definition) is 1. The second-order valence-corrected chi connectivity index (χ2v) is 7.57. The van der Waals surface area contributed by atoms with Crippen LogP contribution in [0.1, 0.15) is 36.5 Å². The van der Waals surface area contributed by atoms with Crippen LogP contribution in [0.15, 0.2) is 53.5 Å². The highest BCUT2D eigenvalue weighted by atomic mass is 16.5. The summed E-state index contributed by atoms with van der Waals surface area (Å²) in [5.41, 5.74) is 3.43. The lowest BCUT2D eigenvalue weighted by Crippen LogP contribution is -2.38. The van der Waals surface area contributed by atoms with Crippen molar-refractivity contribution in [2.24, 2.45) is 4.99 Å². The van der Waals surface area contributed by atoms with Gasteiger partial charge in [0, 0.05) is 45.2 Å². The molecule has 6 nitrogen and oxygen atoms in total. The number of amides is 1. The number of rotatable bonds is 8. The Hall–Kier alpha value is -3.02. The summed E-state index contributed by atoms with van der Waals surface area (Å²) < 4.78 is 5.47. The first-order valence-corrected chi connectivity index (χ1v) is 10.6. The van der Waals surface area contributed by atoms with Crippen molar-refractivity contribution < 1.29 is 9.53 Å². The molecule has 0 radical (unpaired) electrons. The van der Waals surface area contributed by atoms with E-state index in [1.54, 1.807) is 7.11 Å². The minimum atomic E-state index is 0.261. The third-order valence-electron chi connectivity index (χ3n) is 5.28. The molecule has 0 unspecified atom stereocenters.